The maximum Gasteiger partial charge on any atom is 0.292 e. The molecule has 6 nitrogen and oxygen atoms in total. The summed E-state index contributed by atoms with van der Waals surface area (Å²) in [7, 11) is 1.61. The highest BCUT2D eigenvalue weighted by atomic mass is 35.5. The van der Waals surface area contributed by atoms with Crippen LogP contribution >= 0.6 is 11.6 Å². The molecule has 0 bridgehead atoms. The molecule has 1 amide bonds. The normalized spacial score (nSPS) is 11.4. The first-order valence-electron chi connectivity index (χ1n) is 10.2. The van der Waals surface area contributed by atoms with Gasteiger partial charge in [-0.25, -0.2) is 0 Å². The number of aryl methyl sites for hydroxylation is 1. The molecule has 3 aromatic rings. The molecule has 3 rings (SSSR count). The average molecular weight is 440 g/mol. The smallest absolute Gasteiger partial charge is 0.292 e. The molecule has 162 valence electrons. The Kier molecular flexibility index (Phi) is 7.84. The van der Waals surface area contributed by atoms with E-state index in [2.05, 4.69) is 35.4 Å². The standard InChI is InChI=1S/C24H26ClN3O3/c1-4-6-18(21-15-19(25)10-9-16(21)2)11-12-26-24(29)23-27-22(31-28-23)14-17-7-5-8-20(13-17)30-3/h5-10,13,15H,4,11-12,14H2,1-3H3,(H,26,29)/b18-6-. The topological polar surface area (TPSA) is 77.2 Å². The first-order chi connectivity index (χ1) is 15.0. The third-order valence-corrected chi connectivity index (χ3v) is 5.07. The number of benzene rings is 2. The van der Waals surface area contributed by atoms with Crippen LogP contribution in [-0.4, -0.2) is 29.7 Å². The van der Waals surface area contributed by atoms with Gasteiger partial charge in [0, 0.05) is 11.6 Å². The Hall–Kier alpha value is -3.12. The highest BCUT2D eigenvalue weighted by Gasteiger charge is 2.15. The van der Waals surface area contributed by atoms with Crippen molar-refractivity contribution in [3.8, 4) is 5.75 Å². The van der Waals surface area contributed by atoms with E-state index in [1.807, 2.05) is 42.5 Å². The minimum Gasteiger partial charge on any atom is -0.497 e. The van der Waals surface area contributed by atoms with Gasteiger partial charge in [-0.05, 0) is 66.3 Å². The van der Waals surface area contributed by atoms with E-state index in [1.54, 1.807) is 7.11 Å². The second-order valence-electron chi connectivity index (χ2n) is 7.14. The Morgan fingerprint density at radius 1 is 1.26 bits per heavy atom. The first-order valence-corrected chi connectivity index (χ1v) is 10.6. The summed E-state index contributed by atoms with van der Waals surface area (Å²) in [5.74, 6) is 0.789. The molecular weight excluding hydrogens is 414 g/mol. The fourth-order valence-electron chi connectivity index (χ4n) is 3.30. The molecule has 0 unspecified atom stereocenters. The van der Waals surface area contributed by atoms with Gasteiger partial charge in [0.25, 0.3) is 11.7 Å². The third kappa shape index (κ3) is 6.18. The summed E-state index contributed by atoms with van der Waals surface area (Å²) in [6.45, 7) is 4.59. The molecule has 0 saturated carbocycles. The van der Waals surface area contributed by atoms with E-state index < -0.39 is 0 Å². The van der Waals surface area contributed by atoms with Gasteiger partial charge in [-0.15, -0.1) is 0 Å². The van der Waals surface area contributed by atoms with Crippen molar-refractivity contribution < 1.29 is 14.1 Å². The summed E-state index contributed by atoms with van der Waals surface area (Å²) in [6.07, 6.45) is 4.16. The van der Waals surface area contributed by atoms with Gasteiger partial charge in [-0.2, -0.15) is 4.98 Å². The van der Waals surface area contributed by atoms with Crippen LogP contribution in [0.4, 0.5) is 0 Å². The monoisotopic (exact) mass is 439 g/mol. The van der Waals surface area contributed by atoms with Gasteiger partial charge in [-0.3, -0.25) is 4.79 Å². The molecule has 1 N–H and O–H groups in total. The van der Waals surface area contributed by atoms with E-state index in [0.29, 0.717) is 30.3 Å². The SMILES string of the molecule is CC/C=C(/CCNC(=O)c1noc(Cc2cccc(OC)c2)n1)c1cc(Cl)ccc1C. The van der Waals surface area contributed by atoms with Crippen molar-refractivity contribution in [2.24, 2.45) is 0 Å². The number of carbonyl (C=O) groups is 1. The summed E-state index contributed by atoms with van der Waals surface area (Å²) in [4.78, 5) is 16.7. The Balaban J connectivity index is 1.59. The molecule has 0 aliphatic carbocycles. The van der Waals surface area contributed by atoms with Crippen LogP contribution in [-0.2, 0) is 6.42 Å². The third-order valence-electron chi connectivity index (χ3n) is 4.84. The number of amides is 1. The fraction of sp³-hybridized carbons (Fsp3) is 0.292. The number of hydrogen-bond acceptors (Lipinski definition) is 5. The molecule has 0 atom stereocenters. The van der Waals surface area contributed by atoms with Crippen molar-refractivity contribution in [3.63, 3.8) is 0 Å². The fourth-order valence-corrected chi connectivity index (χ4v) is 3.47. The molecule has 7 heteroatoms. The number of hydrogen-bond donors (Lipinski definition) is 1. The van der Waals surface area contributed by atoms with Gasteiger partial charge in [0.2, 0.25) is 5.89 Å². The summed E-state index contributed by atoms with van der Waals surface area (Å²) in [5, 5.41) is 7.38. The van der Waals surface area contributed by atoms with Crippen LogP contribution in [0.25, 0.3) is 5.57 Å². The highest BCUT2D eigenvalue weighted by molar-refractivity contribution is 6.30. The van der Waals surface area contributed by atoms with Gasteiger partial charge in [0.05, 0.1) is 13.5 Å². The van der Waals surface area contributed by atoms with E-state index in [4.69, 9.17) is 20.9 Å². The van der Waals surface area contributed by atoms with E-state index in [0.717, 1.165) is 34.4 Å². The van der Waals surface area contributed by atoms with E-state index >= 15 is 0 Å². The largest absolute Gasteiger partial charge is 0.497 e. The van der Waals surface area contributed by atoms with Crippen molar-refractivity contribution in [2.75, 3.05) is 13.7 Å². The van der Waals surface area contributed by atoms with Crippen LogP contribution in [0.15, 0.2) is 53.1 Å². The van der Waals surface area contributed by atoms with E-state index in [1.165, 1.54) is 0 Å². The quantitative estimate of drug-likeness (QED) is 0.493. The van der Waals surface area contributed by atoms with Crippen LogP contribution in [0.1, 0.15) is 53.0 Å². The maximum atomic E-state index is 12.5. The van der Waals surface area contributed by atoms with E-state index in [-0.39, 0.29) is 11.7 Å². The molecule has 1 aromatic heterocycles. The minimum atomic E-state index is -0.362. The maximum absolute atomic E-state index is 12.5. The zero-order valence-electron chi connectivity index (χ0n) is 17.9. The lowest BCUT2D eigenvalue weighted by atomic mass is 9.97. The van der Waals surface area contributed by atoms with Gasteiger partial charge in [-0.1, -0.05) is 48.0 Å². The van der Waals surface area contributed by atoms with Crippen LogP contribution in [0, 0.1) is 6.92 Å². The Morgan fingerprint density at radius 2 is 2.10 bits per heavy atom. The van der Waals surface area contributed by atoms with Crippen LogP contribution in [0.3, 0.4) is 0 Å². The molecule has 0 spiro atoms. The second-order valence-corrected chi connectivity index (χ2v) is 7.58. The Morgan fingerprint density at radius 3 is 2.87 bits per heavy atom. The van der Waals surface area contributed by atoms with Crippen LogP contribution < -0.4 is 10.1 Å². The summed E-state index contributed by atoms with van der Waals surface area (Å²) < 4.78 is 10.5. The average Bonchev–Trinajstić information content (AvgIpc) is 3.23. The lowest BCUT2D eigenvalue weighted by Gasteiger charge is -2.12. The van der Waals surface area contributed by atoms with Gasteiger partial charge < -0.3 is 14.6 Å². The zero-order chi connectivity index (χ0) is 22.2. The zero-order valence-corrected chi connectivity index (χ0v) is 18.7. The van der Waals surface area contributed by atoms with Crippen molar-refractivity contribution >= 4 is 23.1 Å². The molecule has 31 heavy (non-hydrogen) atoms. The number of ether oxygens (including phenoxy) is 1. The summed E-state index contributed by atoms with van der Waals surface area (Å²) in [5.41, 5.74) is 4.36. The summed E-state index contributed by atoms with van der Waals surface area (Å²) in [6, 6.07) is 13.4. The first kappa shape index (κ1) is 22.6. The molecule has 0 saturated heterocycles. The molecule has 1 heterocycles. The van der Waals surface area contributed by atoms with Crippen LogP contribution in [0.2, 0.25) is 5.02 Å². The molecular formula is C24H26ClN3O3. The van der Waals surface area contributed by atoms with Crippen LogP contribution in [0.5, 0.6) is 5.75 Å². The molecule has 2 aromatic carbocycles. The van der Waals surface area contributed by atoms with E-state index in [9.17, 15) is 4.79 Å². The number of methoxy groups -OCH3 is 1. The number of allylic oxidation sites excluding steroid dienone is 1. The molecule has 0 aliphatic rings. The number of nitrogens with one attached hydrogen (secondary N) is 1. The molecule has 0 aliphatic heterocycles. The number of rotatable bonds is 9. The predicted octanol–water partition coefficient (Wildman–Crippen LogP) is 5.24. The Labute approximate surface area is 187 Å². The molecule has 0 radical (unpaired) electrons. The summed E-state index contributed by atoms with van der Waals surface area (Å²) >= 11 is 6.17. The second kappa shape index (κ2) is 10.8. The van der Waals surface area contributed by atoms with Gasteiger partial charge in [0.15, 0.2) is 0 Å². The number of halogens is 1. The van der Waals surface area contributed by atoms with Crippen molar-refractivity contribution in [1.82, 2.24) is 15.5 Å². The predicted molar refractivity (Wildman–Crippen MR) is 122 cm³/mol. The van der Waals surface area contributed by atoms with Crippen molar-refractivity contribution in [3.05, 3.63) is 82.0 Å². The number of carbonyl (C=O) groups excluding carboxylic acids is 1. The highest BCUT2D eigenvalue weighted by Crippen LogP contribution is 2.25. The number of aromatic nitrogens is 2. The van der Waals surface area contributed by atoms with Crippen molar-refractivity contribution in [1.29, 1.82) is 0 Å². The number of nitrogens with zero attached hydrogens (tertiary/aromatic N) is 2. The molecule has 0 fully saturated rings. The van der Waals surface area contributed by atoms with Gasteiger partial charge in [0.1, 0.15) is 5.75 Å². The minimum absolute atomic E-state index is 0.0258. The lowest BCUT2D eigenvalue weighted by molar-refractivity contribution is 0.0941. The van der Waals surface area contributed by atoms with Crippen molar-refractivity contribution in [2.45, 2.75) is 33.1 Å². The lowest BCUT2D eigenvalue weighted by Crippen LogP contribution is -2.25. The van der Waals surface area contributed by atoms with Gasteiger partial charge >= 0.3 is 0 Å². The Bertz CT molecular complexity index is 1080.